The van der Waals surface area contributed by atoms with E-state index in [9.17, 15) is 9.90 Å². The second-order valence-electron chi connectivity index (χ2n) is 5.50. The van der Waals surface area contributed by atoms with Crippen molar-refractivity contribution >= 4 is 17.6 Å². The van der Waals surface area contributed by atoms with Crippen molar-refractivity contribution in [3.05, 3.63) is 64.7 Å². The van der Waals surface area contributed by atoms with Crippen molar-refractivity contribution < 1.29 is 14.6 Å². The van der Waals surface area contributed by atoms with Gasteiger partial charge in [-0.3, -0.25) is 0 Å². The van der Waals surface area contributed by atoms with E-state index >= 15 is 0 Å². The third kappa shape index (κ3) is 5.29. The average molecular weight is 333 g/mol. The first kappa shape index (κ1) is 17.4. The third-order valence-electron chi connectivity index (χ3n) is 3.64. The Bertz CT molecular complexity index is 637. The molecule has 0 aliphatic rings. The van der Waals surface area contributed by atoms with Gasteiger partial charge >= 0.3 is 5.97 Å². The molecule has 0 spiro atoms. The van der Waals surface area contributed by atoms with Crippen LogP contribution in [0.3, 0.4) is 0 Å². The molecule has 0 heterocycles. The van der Waals surface area contributed by atoms with Crippen molar-refractivity contribution in [3.63, 3.8) is 0 Å². The van der Waals surface area contributed by atoms with Crippen LogP contribution in [0.15, 0.2) is 48.5 Å². The summed E-state index contributed by atoms with van der Waals surface area (Å²) in [6.45, 7) is 2.16. The fraction of sp³-hybridized carbons (Fsp3) is 0.316. The van der Waals surface area contributed by atoms with Crippen LogP contribution < -0.4 is 4.74 Å². The summed E-state index contributed by atoms with van der Waals surface area (Å²) < 4.78 is 5.57. The molecule has 3 nitrogen and oxygen atoms in total. The zero-order valence-electron chi connectivity index (χ0n) is 13.2. The Morgan fingerprint density at radius 2 is 1.78 bits per heavy atom. The van der Waals surface area contributed by atoms with Gasteiger partial charge in [0, 0.05) is 6.42 Å². The highest BCUT2D eigenvalue weighted by molar-refractivity contribution is 6.32. The van der Waals surface area contributed by atoms with E-state index in [1.165, 1.54) is 5.56 Å². The van der Waals surface area contributed by atoms with E-state index in [2.05, 4.69) is 19.1 Å². The van der Waals surface area contributed by atoms with Crippen molar-refractivity contribution in [1.29, 1.82) is 0 Å². The van der Waals surface area contributed by atoms with E-state index in [1.54, 1.807) is 24.3 Å². The fourth-order valence-corrected chi connectivity index (χ4v) is 2.49. The Hall–Kier alpha value is -2.00. The maximum Gasteiger partial charge on any atom is 0.345 e. The second-order valence-corrected chi connectivity index (χ2v) is 5.91. The molecule has 1 atom stereocenters. The summed E-state index contributed by atoms with van der Waals surface area (Å²) in [5, 5.41) is 9.80. The van der Waals surface area contributed by atoms with Gasteiger partial charge in [-0.05, 0) is 36.1 Å². The fourth-order valence-electron chi connectivity index (χ4n) is 2.31. The minimum atomic E-state index is -1.00. The highest BCUT2D eigenvalue weighted by Gasteiger charge is 2.21. The summed E-state index contributed by atoms with van der Waals surface area (Å²) in [6, 6.07) is 14.9. The first-order valence-corrected chi connectivity index (χ1v) is 8.19. The number of rotatable bonds is 8. The SMILES string of the molecule is CCCCc1ccc(C[C@@H](Oc2ccccc2Cl)C(=O)O)cc1. The Labute approximate surface area is 141 Å². The number of hydrogen-bond donors (Lipinski definition) is 1. The van der Waals surface area contributed by atoms with Crippen LogP contribution in [0.25, 0.3) is 0 Å². The number of benzene rings is 2. The van der Waals surface area contributed by atoms with Crippen LogP contribution in [0, 0.1) is 0 Å². The summed E-state index contributed by atoms with van der Waals surface area (Å²) in [7, 11) is 0. The molecule has 0 saturated heterocycles. The molecule has 0 unspecified atom stereocenters. The molecule has 0 aromatic heterocycles. The van der Waals surface area contributed by atoms with Crippen LogP contribution in [0.5, 0.6) is 5.75 Å². The smallest absolute Gasteiger partial charge is 0.345 e. The predicted octanol–water partition coefficient (Wildman–Crippen LogP) is 4.76. The molecule has 23 heavy (non-hydrogen) atoms. The molecule has 122 valence electrons. The van der Waals surface area contributed by atoms with Gasteiger partial charge in [0.25, 0.3) is 0 Å². The van der Waals surface area contributed by atoms with Gasteiger partial charge in [-0.15, -0.1) is 0 Å². The summed E-state index contributed by atoms with van der Waals surface area (Å²) in [4.78, 5) is 11.5. The first-order valence-electron chi connectivity index (χ1n) is 7.82. The summed E-state index contributed by atoms with van der Waals surface area (Å²) in [5.41, 5.74) is 2.21. The standard InChI is InChI=1S/C19H21ClO3/c1-2-3-6-14-9-11-15(12-10-14)13-18(19(21)22)23-17-8-5-4-7-16(17)20/h4-5,7-12,18H,2-3,6,13H2,1H3,(H,21,22)/t18-/m1/s1. The van der Waals surface area contributed by atoms with E-state index in [1.807, 2.05) is 12.1 Å². The minimum Gasteiger partial charge on any atom is -0.478 e. The molecule has 2 aromatic rings. The lowest BCUT2D eigenvalue weighted by Gasteiger charge is -2.16. The highest BCUT2D eigenvalue weighted by Crippen LogP contribution is 2.25. The third-order valence-corrected chi connectivity index (χ3v) is 3.96. The molecule has 2 aromatic carbocycles. The maximum atomic E-state index is 11.5. The molecule has 2 rings (SSSR count). The number of ether oxygens (including phenoxy) is 1. The van der Waals surface area contributed by atoms with Crippen molar-refractivity contribution in [1.82, 2.24) is 0 Å². The van der Waals surface area contributed by atoms with Gasteiger partial charge in [0.1, 0.15) is 5.75 Å². The zero-order chi connectivity index (χ0) is 16.7. The van der Waals surface area contributed by atoms with Crippen LogP contribution in [0.1, 0.15) is 30.9 Å². The molecule has 0 aliphatic heterocycles. The number of unbranched alkanes of at least 4 members (excludes halogenated alkanes) is 1. The molecule has 0 aliphatic carbocycles. The van der Waals surface area contributed by atoms with Crippen LogP contribution in [0.2, 0.25) is 5.02 Å². The second kappa shape index (κ2) is 8.59. The predicted molar refractivity (Wildman–Crippen MR) is 92.3 cm³/mol. The lowest BCUT2D eigenvalue weighted by molar-refractivity contribution is -0.145. The van der Waals surface area contributed by atoms with Gasteiger partial charge in [0.05, 0.1) is 5.02 Å². The van der Waals surface area contributed by atoms with Crippen LogP contribution in [0.4, 0.5) is 0 Å². The van der Waals surface area contributed by atoms with E-state index in [4.69, 9.17) is 16.3 Å². The number of carboxylic acid groups (broad SMARTS) is 1. The highest BCUT2D eigenvalue weighted by atomic mass is 35.5. The number of carboxylic acids is 1. The van der Waals surface area contributed by atoms with Crippen molar-refractivity contribution in [2.24, 2.45) is 0 Å². The molecular weight excluding hydrogens is 312 g/mol. The van der Waals surface area contributed by atoms with Gasteiger partial charge < -0.3 is 9.84 Å². The van der Waals surface area contributed by atoms with Gasteiger partial charge in [0.2, 0.25) is 0 Å². The Balaban J connectivity index is 2.05. The Kier molecular flexibility index (Phi) is 6.48. The normalized spacial score (nSPS) is 11.9. The monoisotopic (exact) mass is 332 g/mol. The largest absolute Gasteiger partial charge is 0.478 e. The lowest BCUT2D eigenvalue weighted by Crippen LogP contribution is -2.29. The number of halogens is 1. The van der Waals surface area contributed by atoms with Crippen LogP contribution in [-0.2, 0) is 17.6 Å². The summed E-state index contributed by atoms with van der Waals surface area (Å²) >= 11 is 6.03. The molecular formula is C19H21ClO3. The topological polar surface area (TPSA) is 46.5 Å². The van der Waals surface area contributed by atoms with Gasteiger partial charge in [-0.1, -0.05) is 61.3 Å². The minimum absolute atomic E-state index is 0.300. The number of aryl methyl sites for hydroxylation is 1. The number of hydrogen-bond acceptors (Lipinski definition) is 2. The quantitative estimate of drug-likeness (QED) is 0.758. The Morgan fingerprint density at radius 3 is 2.39 bits per heavy atom. The molecule has 0 radical (unpaired) electrons. The molecule has 0 amide bonds. The molecule has 0 fully saturated rings. The van der Waals surface area contributed by atoms with E-state index in [0.29, 0.717) is 17.2 Å². The van der Waals surface area contributed by atoms with Gasteiger partial charge in [0.15, 0.2) is 6.10 Å². The van der Waals surface area contributed by atoms with E-state index < -0.39 is 12.1 Å². The van der Waals surface area contributed by atoms with Crippen molar-refractivity contribution in [2.75, 3.05) is 0 Å². The molecule has 0 bridgehead atoms. The number of aliphatic carboxylic acids is 1. The summed E-state index contributed by atoms with van der Waals surface area (Å²) in [5.74, 6) is -0.610. The average Bonchev–Trinajstić information content (AvgIpc) is 2.55. The first-order chi connectivity index (χ1) is 11.1. The number of para-hydroxylation sites is 1. The molecule has 0 saturated carbocycles. The number of carbonyl (C=O) groups is 1. The van der Waals surface area contributed by atoms with Gasteiger partial charge in [-0.25, -0.2) is 4.79 Å². The van der Waals surface area contributed by atoms with Crippen LogP contribution in [-0.4, -0.2) is 17.2 Å². The maximum absolute atomic E-state index is 11.5. The van der Waals surface area contributed by atoms with Crippen molar-refractivity contribution in [3.8, 4) is 5.75 Å². The molecule has 1 N–H and O–H groups in total. The van der Waals surface area contributed by atoms with E-state index in [-0.39, 0.29) is 0 Å². The van der Waals surface area contributed by atoms with E-state index in [0.717, 1.165) is 24.8 Å². The van der Waals surface area contributed by atoms with Crippen molar-refractivity contribution in [2.45, 2.75) is 38.7 Å². The van der Waals surface area contributed by atoms with Gasteiger partial charge in [-0.2, -0.15) is 0 Å². The lowest BCUT2D eigenvalue weighted by atomic mass is 10.0. The zero-order valence-corrected chi connectivity index (χ0v) is 13.9. The molecule has 4 heteroatoms. The summed E-state index contributed by atoms with van der Waals surface area (Å²) in [6.07, 6.45) is 2.71. The Morgan fingerprint density at radius 1 is 1.13 bits per heavy atom. The van der Waals surface area contributed by atoms with Crippen LogP contribution >= 0.6 is 11.6 Å².